The highest BCUT2D eigenvalue weighted by Crippen LogP contribution is 2.49. The number of nitrogens with zero attached hydrogens (tertiary/aromatic N) is 3. The van der Waals surface area contributed by atoms with Crippen molar-refractivity contribution in [3.05, 3.63) is 52.8 Å². The van der Waals surface area contributed by atoms with Gasteiger partial charge in [-0.05, 0) is 76.9 Å². The number of aliphatic hydroxyl groups is 1. The Morgan fingerprint density at radius 3 is 2.37 bits per heavy atom. The zero-order valence-corrected chi connectivity index (χ0v) is 21.3. The second kappa shape index (κ2) is 8.79. The van der Waals surface area contributed by atoms with Crippen molar-refractivity contribution in [3.8, 4) is 5.75 Å². The van der Waals surface area contributed by atoms with Gasteiger partial charge in [0.25, 0.3) is 5.91 Å². The van der Waals surface area contributed by atoms with Gasteiger partial charge < -0.3 is 19.3 Å². The van der Waals surface area contributed by atoms with Crippen molar-refractivity contribution >= 4 is 11.7 Å². The molecule has 1 aliphatic carbocycles. The molecule has 0 atom stereocenters. The Morgan fingerprint density at radius 2 is 1.74 bits per heavy atom. The van der Waals surface area contributed by atoms with Gasteiger partial charge >= 0.3 is 0 Å². The van der Waals surface area contributed by atoms with Gasteiger partial charge in [-0.25, -0.2) is 0 Å². The molecule has 7 heteroatoms. The van der Waals surface area contributed by atoms with Crippen LogP contribution in [0, 0.1) is 5.41 Å². The molecule has 1 N–H and O–H groups in total. The Balaban J connectivity index is 1.34. The first kappa shape index (κ1) is 24.1. The van der Waals surface area contributed by atoms with Crippen LogP contribution < -0.4 is 4.74 Å². The second-order valence-electron chi connectivity index (χ2n) is 11.0. The van der Waals surface area contributed by atoms with Crippen LogP contribution >= 0.6 is 0 Å². The number of aromatic nitrogens is 1. The largest absolute Gasteiger partial charge is 0.491 e. The Kier molecular flexibility index (Phi) is 6.04. The van der Waals surface area contributed by atoms with E-state index < -0.39 is 0 Å². The van der Waals surface area contributed by atoms with Crippen LogP contribution in [0.3, 0.4) is 0 Å². The van der Waals surface area contributed by atoms with Crippen LogP contribution in [-0.2, 0) is 18.7 Å². The van der Waals surface area contributed by atoms with Gasteiger partial charge in [-0.3, -0.25) is 14.5 Å². The summed E-state index contributed by atoms with van der Waals surface area (Å²) >= 11 is 0. The van der Waals surface area contributed by atoms with Crippen molar-refractivity contribution < 1.29 is 19.4 Å². The maximum atomic E-state index is 13.4. The van der Waals surface area contributed by atoms with E-state index >= 15 is 0 Å². The van der Waals surface area contributed by atoms with Crippen molar-refractivity contribution in [2.24, 2.45) is 5.41 Å². The third-order valence-corrected chi connectivity index (χ3v) is 8.35. The van der Waals surface area contributed by atoms with Gasteiger partial charge in [-0.15, -0.1) is 0 Å². The summed E-state index contributed by atoms with van der Waals surface area (Å²) in [5.41, 5.74) is 2.93. The summed E-state index contributed by atoms with van der Waals surface area (Å²) in [5, 5.41) is 9.79. The van der Waals surface area contributed by atoms with Crippen LogP contribution in [0.2, 0.25) is 0 Å². The summed E-state index contributed by atoms with van der Waals surface area (Å²) in [6, 6.07) is 9.49. The molecule has 1 aromatic heterocycles. The van der Waals surface area contributed by atoms with Gasteiger partial charge in [0, 0.05) is 48.4 Å². The maximum absolute atomic E-state index is 13.4. The molecule has 2 aromatic rings. The van der Waals surface area contributed by atoms with Crippen molar-refractivity contribution in [2.45, 2.75) is 71.2 Å². The molecule has 1 aromatic carbocycles. The highest BCUT2D eigenvalue weighted by molar-refractivity contribution is 6.01. The molecule has 1 saturated heterocycles. The van der Waals surface area contributed by atoms with Crippen LogP contribution in [0.4, 0.5) is 0 Å². The van der Waals surface area contributed by atoms with Gasteiger partial charge in [-0.1, -0.05) is 6.92 Å². The van der Waals surface area contributed by atoms with E-state index in [-0.39, 0.29) is 35.4 Å². The van der Waals surface area contributed by atoms with Gasteiger partial charge in [0.1, 0.15) is 5.75 Å². The van der Waals surface area contributed by atoms with Crippen LogP contribution in [0.25, 0.3) is 0 Å². The molecular weight excluding hydrogens is 442 g/mol. The van der Waals surface area contributed by atoms with Crippen molar-refractivity contribution in [1.29, 1.82) is 0 Å². The molecular formula is C28H37N3O4. The topological polar surface area (TPSA) is 75.0 Å². The van der Waals surface area contributed by atoms with E-state index in [0.717, 1.165) is 44.5 Å². The number of benzene rings is 1. The average molecular weight is 480 g/mol. The molecule has 3 aliphatic rings. The molecule has 0 radical (unpaired) electrons. The molecule has 5 rings (SSSR count). The number of piperidine rings is 1. The van der Waals surface area contributed by atoms with E-state index in [1.54, 1.807) is 18.2 Å². The summed E-state index contributed by atoms with van der Waals surface area (Å²) in [4.78, 5) is 30.8. The number of aliphatic hydroxyl groups excluding tert-OH is 1. The van der Waals surface area contributed by atoms with E-state index in [2.05, 4.69) is 29.5 Å². The first-order valence-corrected chi connectivity index (χ1v) is 12.8. The summed E-state index contributed by atoms with van der Waals surface area (Å²) in [6.45, 7) is 8.80. The Morgan fingerprint density at radius 1 is 1.03 bits per heavy atom. The van der Waals surface area contributed by atoms with Crippen molar-refractivity contribution in [1.82, 2.24) is 14.4 Å². The Labute approximate surface area is 207 Å². The van der Waals surface area contributed by atoms with Gasteiger partial charge in [0.2, 0.25) is 0 Å². The summed E-state index contributed by atoms with van der Waals surface area (Å²) in [5.74, 6) is 0.879. The standard InChI is InChI=1S/C28H37N3O4/c1-19(2)35-23-7-5-20(17-21(23)18-32)26(34)30-13-11-28(12-14-30)24-8-6-22(25(33)27(3)9-10-27)31(24)16-15-29(28)4/h5-8,17,19,32H,9-16,18H2,1-4H3. The van der Waals surface area contributed by atoms with E-state index in [1.807, 2.05) is 24.8 Å². The van der Waals surface area contributed by atoms with E-state index in [1.165, 1.54) is 5.69 Å². The van der Waals surface area contributed by atoms with Gasteiger partial charge in [0.15, 0.2) is 5.78 Å². The number of fused-ring (bicyclic) bond motifs is 2. The number of carbonyl (C=O) groups excluding carboxylic acids is 2. The zero-order valence-electron chi connectivity index (χ0n) is 21.3. The van der Waals surface area contributed by atoms with Crippen molar-refractivity contribution in [2.75, 3.05) is 26.7 Å². The predicted octanol–water partition coefficient (Wildman–Crippen LogP) is 3.83. The Hall–Kier alpha value is -2.64. The van der Waals surface area contributed by atoms with Crippen LogP contribution in [0.1, 0.15) is 78.6 Å². The van der Waals surface area contributed by atoms with Crippen molar-refractivity contribution in [3.63, 3.8) is 0 Å². The quantitative estimate of drug-likeness (QED) is 0.638. The average Bonchev–Trinajstić information content (AvgIpc) is 3.45. The molecule has 1 saturated carbocycles. The second-order valence-corrected chi connectivity index (χ2v) is 11.0. The smallest absolute Gasteiger partial charge is 0.253 e. The molecule has 1 spiro atoms. The molecule has 7 nitrogen and oxygen atoms in total. The summed E-state index contributed by atoms with van der Waals surface area (Å²) < 4.78 is 8.02. The maximum Gasteiger partial charge on any atom is 0.253 e. The number of rotatable bonds is 6. The number of carbonyl (C=O) groups is 2. The third-order valence-electron chi connectivity index (χ3n) is 8.35. The highest BCUT2D eigenvalue weighted by Gasteiger charge is 2.49. The van der Waals surface area contributed by atoms with Crippen LogP contribution in [0.15, 0.2) is 30.3 Å². The fourth-order valence-electron chi connectivity index (χ4n) is 5.80. The molecule has 0 bridgehead atoms. The minimum Gasteiger partial charge on any atom is -0.491 e. The number of likely N-dealkylation sites (N-methyl/N-ethyl adjacent to an activating group) is 1. The van der Waals surface area contributed by atoms with Gasteiger partial charge in [0.05, 0.1) is 23.9 Å². The lowest BCUT2D eigenvalue weighted by Gasteiger charge is -2.50. The van der Waals surface area contributed by atoms with Gasteiger partial charge in [-0.2, -0.15) is 0 Å². The predicted molar refractivity (Wildman–Crippen MR) is 134 cm³/mol. The van der Waals surface area contributed by atoms with E-state index in [4.69, 9.17) is 4.74 Å². The number of hydrogen-bond donors (Lipinski definition) is 1. The van der Waals surface area contributed by atoms with Crippen LogP contribution in [-0.4, -0.2) is 63.9 Å². The molecule has 35 heavy (non-hydrogen) atoms. The monoisotopic (exact) mass is 479 g/mol. The normalized spacial score (nSPS) is 20.7. The molecule has 2 aliphatic heterocycles. The fraction of sp³-hybridized carbons (Fsp3) is 0.571. The van der Waals surface area contributed by atoms with Crippen LogP contribution in [0.5, 0.6) is 5.75 Å². The minimum absolute atomic E-state index is 0.00508. The third kappa shape index (κ3) is 4.08. The highest BCUT2D eigenvalue weighted by atomic mass is 16.5. The lowest BCUT2D eigenvalue weighted by molar-refractivity contribution is 0.0127. The molecule has 2 fully saturated rings. The number of Topliss-reactive ketones (excluding diaryl/α,β-unsaturated/α-hetero) is 1. The lowest BCUT2D eigenvalue weighted by atomic mass is 9.81. The number of hydrogen-bond acceptors (Lipinski definition) is 5. The first-order valence-electron chi connectivity index (χ1n) is 12.8. The summed E-state index contributed by atoms with van der Waals surface area (Å²) in [7, 11) is 2.17. The van der Waals surface area contributed by atoms with E-state index in [9.17, 15) is 14.7 Å². The molecule has 3 heterocycles. The lowest BCUT2D eigenvalue weighted by Crippen LogP contribution is -2.56. The van der Waals surface area contributed by atoms with E-state index in [0.29, 0.717) is 30.0 Å². The SMILES string of the molecule is CC(C)Oc1ccc(C(=O)N2CCC3(CC2)c2ccc(C(=O)C4(C)CC4)n2CCN3C)cc1CO. The molecule has 188 valence electrons. The molecule has 1 amide bonds. The number of likely N-dealkylation sites (tertiary alicyclic amines) is 1. The number of ketones is 1. The summed E-state index contributed by atoms with van der Waals surface area (Å²) in [6.07, 6.45) is 3.61. The number of ether oxygens (including phenoxy) is 1. The number of amides is 1. The zero-order chi connectivity index (χ0) is 25.0. The Bertz CT molecular complexity index is 1140. The minimum atomic E-state index is -0.176. The fourth-order valence-corrected chi connectivity index (χ4v) is 5.80. The molecule has 0 unspecified atom stereocenters. The first-order chi connectivity index (χ1) is 16.7.